The molecule has 2 amide bonds. The molecule has 188 valence electrons. The Labute approximate surface area is 224 Å². The summed E-state index contributed by atoms with van der Waals surface area (Å²) in [5, 5.41) is 7.98. The summed E-state index contributed by atoms with van der Waals surface area (Å²) in [6, 6.07) is 21.9. The fraction of sp³-hybridized carbons (Fsp3) is 0.200. The van der Waals surface area contributed by atoms with Crippen LogP contribution in [0.5, 0.6) is 0 Å². The molecule has 6 nitrogen and oxygen atoms in total. The minimum atomic E-state index is 0.0193. The van der Waals surface area contributed by atoms with Gasteiger partial charge >= 0.3 is 0 Å². The zero-order valence-corrected chi connectivity index (χ0v) is 22.5. The van der Waals surface area contributed by atoms with E-state index in [4.69, 9.17) is 0 Å². The van der Waals surface area contributed by atoms with Gasteiger partial charge in [-0.2, -0.15) is 0 Å². The average molecular weight is 557 g/mol. The van der Waals surface area contributed by atoms with E-state index in [0.29, 0.717) is 13.1 Å². The smallest absolute Gasteiger partial charge is 0.251 e. The predicted molar refractivity (Wildman–Crippen MR) is 153 cm³/mol. The molecule has 0 radical (unpaired) electrons. The summed E-state index contributed by atoms with van der Waals surface area (Å²) in [5.41, 5.74) is 8.32. The lowest BCUT2D eigenvalue weighted by Crippen LogP contribution is -2.23. The number of carbonyl (C=O) groups excluding carboxylic acids is 2. The Morgan fingerprint density at radius 2 is 1.19 bits per heavy atom. The van der Waals surface area contributed by atoms with Crippen LogP contribution in [0.15, 0.2) is 71.3 Å². The van der Waals surface area contributed by atoms with Gasteiger partial charge in [0.15, 0.2) is 0 Å². The lowest BCUT2D eigenvalue weighted by atomic mass is 10.0. The van der Waals surface area contributed by atoms with Crippen LogP contribution in [0, 0.1) is 0 Å². The number of H-pyrrole nitrogens is 2. The third kappa shape index (κ3) is 4.55. The van der Waals surface area contributed by atoms with E-state index in [9.17, 15) is 9.59 Å². The number of amides is 2. The second-order valence-electron chi connectivity index (χ2n) is 8.73. The van der Waals surface area contributed by atoms with Gasteiger partial charge in [-0.3, -0.25) is 9.59 Å². The summed E-state index contributed by atoms with van der Waals surface area (Å²) in [4.78, 5) is 30.6. The third-order valence-corrected chi connectivity index (χ3v) is 7.35. The lowest BCUT2D eigenvalue weighted by molar-refractivity contribution is 0.0949. The molecule has 2 aliphatic rings. The molecule has 7 rings (SSSR count). The van der Waals surface area contributed by atoms with Gasteiger partial charge in [0.05, 0.1) is 4.60 Å². The molecule has 2 aromatic heterocycles. The van der Waals surface area contributed by atoms with Crippen molar-refractivity contribution in [1.29, 1.82) is 0 Å². The van der Waals surface area contributed by atoms with Crippen molar-refractivity contribution in [1.82, 2.24) is 20.6 Å². The number of halogens is 1. The molecular formula is C30H29BrN4O2. The highest BCUT2D eigenvalue weighted by atomic mass is 79.9. The summed E-state index contributed by atoms with van der Waals surface area (Å²) in [7, 11) is 0. The van der Waals surface area contributed by atoms with Crippen LogP contribution in [0.3, 0.4) is 0 Å². The molecule has 37 heavy (non-hydrogen) atoms. The molecule has 0 saturated carbocycles. The first kappa shape index (κ1) is 24.8. The van der Waals surface area contributed by atoms with Gasteiger partial charge in [0.25, 0.3) is 11.8 Å². The second kappa shape index (κ2) is 10.6. The Morgan fingerprint density at radius 1 is 0.649 bits per heavy atom. The van der Waals surface area contributed by atoms with E-state index in [1.165, 1.54) is 16.7 Å². The highest BCUT2D eigenvalue weighted by Crippen LogP contribution is 2.34. The minimum absolute atomic E-state index is 0.0193. The molecule has 7 heteroatoms. The highest BCUT2D eigenvalue weighted by molar-refractivity contribution is 9.10. The maximum absolute atomic E-state index is 12.1. The van der Waals surface area contributed by atoms with Crippen molar-refractivity contribution in [2.24, 2.45) is 0 Å². The third-order valence-electron chi connectivity index (χ3n) is 6.68. The molecule has 4 heterocycles. The Balaban J connectivity index is 0.000000147. The van der Waals surface area contributed by atoms with E-state index in [0.717, 1.165) is 56.1 Å². The lowest BCUT2D eigenvalue weighted by Gasteiger charge is -2.03. The Kier molecular flexibility index (Phi) is 7.15. The average Bonchev–Trinajstić information content (AvgIpc) is 3.34. The van der Waals surface area contributed by atoms with Crippen LogP contribution in [-0.2, 0) is 12.8 Å². The van der Waals surface area contributed by atoms with Gasteiger partial charge in [0.1, 0.15) is 0 Å². The van der Waals surface area contributed by atoms with E-state index >= 15 is 0 Å². The summed E-state index contributed by atoms with van der Waals surface area (Å²) in [5.74, 6) is 0.0406. The van der Waals surface area contributed by atoms with Crippen molar-refractivity contribution in [3.05, 3.63) is 93.6 Å². The summed E-state index contributed by atoms with van der Waals surface area (Å²) >= 11 is 3.50. The monoisotopic (exact) mass is 556 g/mol. The molecule has 0 atom stereocenters. The number of nitrogens with one attached hydrogen (secondary N) is 4. The van der Waals surface area contributed by atoms with Crippen molar-refractivity contribution >= 4 is 49.6 Å². The molecule has 0 unspecified atom stereocenters. The van der Waals surface area contributed by atoms with E-state index < -0.39 is 0 Å². The van der Waals surface area contributed by atoms with Gasteiger partial charge in [-0.1, -0.05) is 56.3 Å². The molecule has 0 aliphatic carbocycles. The van der Waals surface area contributed by atoms with Gasteiger partial charge in [-0.15, -0.1) is 0 Å². The molecule has 2 aliphatic heterocycles. The quantitative estimate of drug-likeness (QED) is 0.193. The zero-order valence-electron chi connectivity index (χ0n) is 20.9. The second-order valence-corrected chi connectivity index (χ2v) is 9.52. The number of aromatic nitrogens is 2. The van der Waals surface area contributed by atoms with Crippen LogP contribution in [-0.4, -0.2) is 34.9 Å². The van der Waals surface area contributed by atoms with Crippen LogP contribution < -0.4 is 10.6 Å². The number of hydrogen-bond acceptors (Lipinski definition) is 2. The molecule has 0 bridgehead atoms. The van der Waals surface area contributed by atoms with Crippen LogP contribution >= 0.6 is 15.9 Å². The van der Waals surface area contributed by atoms with Gasteiger partial charge in [0.2, 0.25) is 0 Å². The molecule has 3 aromatic carbocycles. The number of benzene rings is 3. The van der Waals surface area contributed by atoms with E-state index in [-0.39, 0.29) is 11.8 Å². The summed E-state index contributed by atoms with van der Waals surface area (Å²) < 4.78 is 0.987. The van der Waals surface area contributed by atoms with Crippen LogP contribution in [0.4, 0.5) is 0 Å². The van der Waals surface area contributed by atoms with Crippen molar-refractivity contribution in [3.63, 3.8) is 0 Å². The van der Waals surface area contributed by atoms with Crippen LogP contribution in [0.1, 0.15) is 45.7 Å². The Morgan fingerprint density at radius 3 is 1.81 bits per heavy atom. The van der Waals surface area contributed by atoms with Crippen LogP contribution in [0.25, 0.3) is 33.1 Å². The topological polar surface area (TPSA) is 89.8 Å². The largest absolute Gasteiger partial charge is 0.354 e. The molecule has 0 spiro atoms. The van der Waals surface area contributed by atoms with Gasteiger partial charge in [-0.05, 0) is 69.7 Å². The number of rotatable bonds is 1. The molecule has 0 saturated heterocycles. The van der Waals surface area contributed by atoms with Crippen molar-refractivity contribution < 1.29 is 9.59 Å². The molecule has 5 aromatic rings. The van der Waals surface area contributed by atoms with Crippen LogP contribution in [0.2, 0.25) is 0 Å². The van der Waals surface area contributed by atoms with Crippen molar-refractivity contribution in [3.8, 4) is 11.3 Å². The first-order chi connectivity index (χ1) is 18.1. The maximum Gasteiger partial charge on any atom is 0.251 e. The minimum Gasteiger partial charge on any atom is -0.354 e. The fourth-order valence-electron chi connectivity index (χ4n) is 5.11. The summed E-state index contributed by atoms with van der Waals surface area (Å²) in [6.45, 7) is 5.37. The Hall–Kier alpha value is -3.84. The van der Waals surface area contributed by atoms with E-state index in [1.54, 1.807) is 0 Å². The standard InChI is InChI=1S/C17H14N2O.C11H9BrN2O.C2H6/c20-17-13-7-4-8-14-15(13)12(9-10-18-17)16(19-14)11-5-2-1-3-6-11;12-10-6-4-5-13-11(15)7-2-1-3-8(14-10)9(6)7;1-2/h1-8,19H,9-10H2,(H,18,20);1-3,14H,4-5H2,(H,13,15);1-2H3. The normalized spacial score (nSPS) is 13.9. The van der Waals surface area contributed by atoms with E-state index in [1.807, 2.05) is 68.4 Å². The SMILES string of the molecule is CC.O=C1NCCc2c(-c3ccccc3)[nH]c3cccc1c23.O=C1NCCc2c(Br)[nH]c3cccc1c23. The zero-order chi connectivity index (χ0) is 25.9. The van der Waals surface area contributed by atoms with Crippen molar-refractivity contribution in [2.45, 2.75) is 26.7 Å². The number of hydrogen-bond donors (Lipinski definition) is 4. The first-order valence-electron chi connectivity index (χ1n) is 12.7. The van der Waals surface area contributed by atoms with Crippen molar-refractivity contribution in [2.75, 3.05) is 13.1 Å². The van der Waals surface area contributed by atoms with Gasteiger partial charge < -0.3 is 20.6 Å². The summed E-state index contributed by atoms with van der Waals surface area (Å²) in [6.07, 6.45) is 1.72. The number of aromatic amines is 2. The molecule has 0 fully saturated rings. The fourth-order valence-corrected chi connectivity index (χ4v) is 5.72. The van der Waals surface area contributed by atoms with Gasteiger partial charge in [-0.25, -0.2) is 0 Å². The highest BCUT2D eigenvalue weighted by Gasteiger charge is 2.22. The molecule has 4 N–H and O–H groups in total. The molecular weight excluding hydrogens is 528 g/mol. The number of carbonyl (C=O) groups is 2. The maximum atomic E-state index is 12.1. The predicted octanol–water partition coefficient (Wildman–Crippen LogP) is 6.36. The first-order valence-corrected chi connectivity index (χ1v) is 13.5. The van der Waals surface area contributed by atoms with Gasteiger partial charge in [0, 0.05) is 51.7 Å². The Bertz CT molecular complexity index is 1600. The van der Waals surface area contributed by atoms with E-state index in [2.05, 4.69) is 48.7 Å².